The van der Waals surface area contributed by atoms with Gasteiger partial charge in [-0.2, -0.15) is 5.10 Å². The van der Waals surface area contributed by atoms with Gasteiger partial charge >= 0.3 is 5.97 Å². The number of aromatic amines is 1. The quantitative estimate of drug-likeness (QED) is 0.774. The van der Waals surface area contributed by atoms with E-state index >= 15 is 0 Å². The first kappa shape index (κ1) is 17.5. The number of benzene rings is 1. The van der Waals surface area contributed by atoms with E-state index in [9.17, 15) is 9.18 Å². The molecule has 0 saturated carbocycles. The van der Waals surface area contributed by atoms with Crippen molar-refractivity contribution in [1.82, 2.24) is 10.2 Å². The number of carbonyl (C=O) groups excluding carboxylic acids is 1. The van der Waals surface area contributed by atoms with Crippen LogP contribution in [-0.2, 0) is 9.53 Å². The molecular weight excluding hydrogens is 345 g/mol. The fraction of sp³-hybridized carbons (Fsp3) is 0.333. The van der Waals surface area contributed by atoms with E-state index in [1.165, 1.54) is 12.1 Å². The first-order chi connectivity index (χ1) is 12.1. The van der Waals surface area contributed by atoms with Crippen molar-refractivity contribution in [1.29, 1.82) is 0 Å². The third-order valence-corrected chi connectivity index (χ3v) is 4.46. The third kappa shape index (κ3) is 3.26. The molecule has 1 aromatic carbocycles. The van der Waals surface area contributed by atoms with Crippen molar-refractivity contribution in [2.24, 2.45) is 0 Å². The Morgan fingerprint density at radius 1 is 1.36 bits per heavy atom. The van der Waals surface area contributed by atoms with E-state index < -0.39 is 17.7 Å². The molecule has 0 radical (unpaired) electrons. The summed E-state index contributed by atoms with van der Waals surface area (Å²) in [7, 11) is 0. The van der Waals surface area contributed by atoms with Gasteiger partial charge in [0.1, 0.15) is 5.82 Å². The van der Waals surface area contributed by atoms with Crippen LogP contribution in [0.2, 0.25) is 5.02 Å². The summed E-state index contributed by atoms with van der Waals surface area (Å²) in [5.74, 6) is -0.660. The highest BCUT2D eigenvalue weighted by molar-refractivity contribution is 6.31. The second-order valence-electron chi connectivity index (χ2n) is 5.78. The van der Waals surface area contributed by atoms with Crippen LogP contribution in [0.4, 0.5) is 10.2 Å². The smallest absolute Gasteiger partial charge is 0.336 e. The predicted molar refractivity (Wildman–Crippen MR) is 94.0 cm³/mol. The zero-order chi connectivity index (χ0) is 18.0. The number of anilines is 1. The van der Waals surface area contributed by atoms with Crippen LogP contribution in [0.1, 0.15) is 43.7 Å². The zero-order valence-electron chi connectivity index (χ0n) is 14.0. The van der Waals surface area contributed by atoms with Crippen LogP contribution in [0.3, 0.4) is 0 Å². The molecule has 132 valence electrons. The molecule has 1 unspecified atom stereocenters. The summed E-state index contributed by atoms with van der Waals surface area (Å²) in [6, 6.07) is 4.19. The SMILES string of the molecule is CCCC1=C(C(=O)OCC)C(c2ccc(F)cc2Cl)c2c[nH]nc2N1. The van der Waals surface area contributed by atoms with Crippen LogP contribution in [0.15, 0.2) is 35.7 Å². The standard InChI is InChI=1S/C18H19ClFN3O2/c1-3-5-14-16(18(24)25-4-2)15(12-9-21-23-17(12)22-14)11-7-6-10(20)8-13(11)19/h6-9,15H,3-5H2,1-2H3,(H2,21,22,23). The highest BCUT2D eigenvalue weighted by Gasteiger charge is 2.36. The van der Waals surface area contributed by atoms with Gasteiger partial charge in [-0.15, -0.1) is 0 Å². The highest BCUT2D eigenvalue weighted by atomic mass is 35.5. The minimum Gasteiger partial charge on any atom is -0.463 e. The number of nitrogens with one attached hydrogen (secondary N) is 2. The molecule has 1 aliphatic heterocycles. The van der Waals surface area contributed by atoms with Crippen LogP contribution < -0.4 is 5.32 Å². The Labute approximate surface area is 150 Å². The maximum Gasteiger partial charge on any atom is 0.336 e. The van der Waals surface area contributed by atoms with E-state index in [4.69, 9.17) is 16.3 Å². The second kappa shape index (κ2) is 7.27. The number of halogens is 2. The van der Waals surface area contributed by atoms with Crippen LogP contribution in [-0.4, -0.2) is 22.8 Å². The minimum absolute atomic E-state index is 0.261. The topological polar surface area (TPSA) is 67.0 Å². The minimum atomic E-state index is -0.469. The Kier molecular flexibility index (Phi) is 5.08. The molecule has 5 nitrogen and oxygen atoms in total. The molecule has 0 aliphatic carbocycles. The van der Waals surface area contributed by atoms with E-state index in [-0.39, 0.29) is 11.6 Å². The van der Waals surface area contributed by atoms with E-state index in [0.717, 1.165) is 17.7 Å². The first-order valence-electron chi connectivity index (χ1n) is 8.22. The number of ether oxygens (including phenoxy) is 1. The summed E-state index contributed by atoms with van der Waals surface area (Å²) in [6.45, 7) is 4.05. The van der Waals surface area contributed by atoms with Crippen molar-refractivity contribution in [2.75, 3.05) is 11.9 Å². The Morgan fingerprint density at radius 3 is 2.84 bits per heavy atom. The molecule has 2 aromatic rings. The molecule has 25 heavy (non-hydrogen) atoms. The average Bonchev–Trinajstić information content (AvgIpc) is 3.02. The van der Waals surface area contributed by atoms with Crippen molar-refractivity contribution in [3.05, 3.63) is 57.6 Å². The number of allylic oxidation sites excluding steroid dienone is 1. The number of aromatic nitrogens is 2. The number of nitrogens with zero attached hydrogens (tertiary/aromatic N) is 1. The molecule has 1 atom stereocenters. The van der Waals surface area contributed by atoms with Crippen molar-refractivity contribution in [2.45, 2.75) is 32.6 Å². The maximum absolute atomic E-state index is 13.5. The summed E-state index contributed by atoms with van der Waals surface area (Å²) < 4.78 is 18.8. The Balaban J connectivity index is 2.20. The van der Waals surface area contributed by atoms with E-state index in [2.05, 4.69) is 15.5 Å². The Bertz CT molecular complexity index is 831. The molecule has 1 aromatic heterocycles. The van der Waals surface area contributed by atoms with Gasteiger partial charge in [0.2, 0.25) is 0 Å². The normalized spacial score (nSPS) is 16.4. The lowest BCUT2D eigenvalue weighted by atomic mass is 9.82. The Morgan fingerprint density at radius 2 is 2.16 bits per heavy atom. The largest absolute Gasteiger partial charge is 0.463 e. The van der Waals surface area contributed by atoms with Crippen molar-refractivity contribution < 1.29 is 13.9 Å². The summed E-state index contributed by atoms with van der Waals surface area (Å²) in [5, 5.41) is 10.5. The van der Waals surface area contributed by atoms with Gasteiger partial charge < -0.3 is 10.1 Å². The van der Waals surface area contributed by atoms with Gasteiger partial charge in [0, 0.05) is 28.4 Å². The molecule has 3 rings (SSSR count). The molecule has 2 N–H and O–H groups in total. The molecule has 0 saturated heterocycles. The average molecular weight is 364 g/mol. The summed E-state index contributed by atoms with van der Waals surface area (Å²) in [4.78, 5) is 12.7. The van der Waals surface area contributed by atoms with Crippen molar-refractivity contribution >= 4 is 23.4 Å². The number of H-pyrrole nitrogens is 1. The fourth-order valence-corrected chi connectivity index (χ4v) is 3.39. The Hall–Kier alpha value is -2.34. The number of carbonyl (C=O) groups is 1. The molecule has 0 amide bonds. The lowest BCUT2D eigenvalue weighted by Crippen LogP contribution is -2.25. The zero-order valence-corrected chi connectivity index (χ0v) is 14.8. The number of hydrogen-bond acceptors (Lipinski definition) is 4. The van der Waals surface area contributed by atoms with Gasteiger partial charge in [-0.25, -0.2) is 9.18 Å². The van der Waals surface area contributed by atoms with Gasteiger partial charge in [0.15, 0.2) is 5.82 Å². The fourth-order valence-electron chi connectivity index (χ4n) is 3.12. The number of fused-ring (bicyclic) bond motifs is 1. The van der Waals surface area contributed by atoms with Gasteiger partial charge in [0.05, 0.1) is 12.2 Å². The number of hydrogen-bond donors (Lipinski definition) is 2. The first-order valence-corrected chi connectivity index (χ1v) is 8.60. The van der Waals surface area contributed by atoms with Crippen LogP contribution in [0, 0.1) is 5.82 Å². The third-order valence-electron chi connectivity index (χ3n) is 4.13. The van der Waals surface area contributed by atoms with Gasteiger partial charge in [-0.05, 0) is 31.0 Å². The molecule has 0 spiro atoms. The molecule has 1 aliphatic rings. The number of esters is 1. The predicted octanol–water partition coefficient (Wildman–Crippen LogP) is 4.38. The monoisotopic (exact) mass is 363 g/mol. The number of rotatable bonds is 5. The summed E-state index contributed by atoms with van der Waals surface area (Å²) in [5.41, 5.74) is 2.66. The van der Waals surface area contributed by atoms with Crippen molar-refractivity contribution in [3.8, 4) is 0 Å². The van der Waals surface area contributed by atoms with Gasteiger partial charge in [-0.3, -0.25) is 5.10 Å². The van der Waals surface area contributed by atoms with Crippen LogP contribution >= 0.6 is 11.6 Å². The molecular formula is C18H19ClFN3O2. The van der Waals surface area contributed by atoms with Crippen LogP contribution in [0.25, 0.3) is 0 Å². The summed E-state index contributed by atoms with van der Waals surface area (Å²) >= 11 is 6.30. The second-order valence-corrected chi connectivity index (χ2v) is 6.18. The van der Waals surface area contributed by atoms with E-state index in [1.807, 2.05) is 6.92 Å². The van der Waals surface area contributed by atoms with Gasteiger partial charge in [-0.1, -0.05) is 31.0 Å². The molecule has 0 bridgehead atoms. The van der Waals surface area contributed by atoms with E-state index in [1.54, 1.807) is 19.2 Å². The van der Waals surface area contributed by atoms with Crippen LogP contribution in [0.5, 0.6) is 0 Å². The maximum atomic E-state index is 13.5. The molecule has 2 heterocycles. The van der Waals surface area contributed by atoms with Gasteiger partial charge in [0.25, 0.3) is 0 Å². The highest BCUT2D eigenvalue weighted by Crippen LogP contribution is 2.44. The molecule has 0 fully saturated rings. The van der Waals surface area contributed by atoms with E-state index in [0.29, 0.717) is 23.4 Å². The van der Waals surface area contributed by atoms with Crippen molar-refractivity contribution in [3.63, 3.8) is 0 Å². The lowest BCUT2D eigenvalue weighted by Gasteiger charge is -2.29. The lowest BCUT2D eigenvalue weighted by molar-refractivity contribution is -0.138. The summed E-state index contributed by atoms with van der Waals surface area (Å²) in [6.07, 6.45) is 3.22. The molecule has 7 heteroatoms.